The van der Waals surface area contributed by atoms with Crippen molar-refractivity contribution in [3.05, 3.63) is 152 Å². The van der Waals surface area contributed by atoms with E-state index in [0.29, 0.717) is 5.69 Å². The Bertz CT molecular complexity index is 1590. The number of anilines is 3. The molecule has 3 N–H and O–H groups in total. The first kappa shape index (κ1) is 23.3. The van der Waals surface area contributed by atoms with Crippen LogP contribution in [0.1, 0.15) is 0 Å². The van der Waals surface area contributed by atoms with Gasteiger partial charge >= 0.3 is 0 Å². The van der Waals surface area contributed by atoms with Gasteiger partial charge in [-0.3, -0.25) is 0 Å². The smallest absolute Gasteiger partial charge is 0.0618 e. The predicted octanol–water partition coefficient (Wildman–Crippen LogP) is 9.68. The minimum atomic E-state index is 0.712. The molecule has 0 spiro atoms. The van der Waals surface area contributed by atoms with Crippen molar-refractivity contribution in [1.29, 1.82) is 0 Å². The van der Waals surface area contributed by atoms with Crippen LogP contribution in [0.2, 0.25) is 0 Å². The fourth-order valence-corrected chi connectivity index (χ4v) is 4.91. The zero-order valence-corrected chi connectivity index (χ0v) is 21.0. The van der Waals surface area contributed by atoms with Gasteiger partial charge in [0.15, 0.2) is 0 Å². The summed E-state index contributed by atoms with van der Waals surface area (Å²) in [5.41, 5.74) is 18.3. The monoisotopic (exact) mass is 488 g/mol. The van der Waals surface area contributed by atoms with Crippen molar-refractivity contribution in [3.63, 3.8) is 0 Å². The molecule has 38 heavy (non-hydrogen) atoms. The molecule has 0 aromatic heterocycles. The third-order valence-corrected chi connectivity index (χ3v) is 6.85. The van der Waals surface area contributed by atoms with Crippen LogP contribution >= 0.6 is 0 Å². The summed E-state index contributed by atoms with van der Waals surface area (Å²) < 4.78 is 0. The third-order valence-electron chi connectivity index (χ3n) is 6.85. The van der Waals surface area contributed by atoms with Gasteiger partial charge in [0.05, 0.1) is 17.1 Å². The summed E-state index contributed by atoms with van der Waals surface area (Å²) in [5, 5.41) is 3.70. The van der Waals surface area contributed by atoms with E-state index in [0.717, 1.165) is 33.6 Å². The van der Waals surface area contributed by atoms with Gasteiger partial charge < -0.3 is 11.1 Å². The SMILES string of the molecule is Nc1ccccc1Nc1c(-c2cccc(-c3ccccc3)c2)cccc1-c1cccc(-c2ccccc2)c1. The molecule has 2 nitrogen and oxygen atoms in total. The lowest BCUT2D eigenvalue weighted by molar-refractivity contribution is 1.51. The van der Waals surface area contributed by atoms with Gasteiger partial charge in [-0.05, 0) is 57.6 Å². The summed E-state index contributed by atoms with van der Waals surface area (Å²) in [6, 6.07) is 52.8. The molecule has 0 unspecified atom stereocenters. The first-order valence-corrected chi connectivity index (χ1v) is 12.8. The Kier molecular flexibility index (Phi) is 6.44. The summed E-state index contributed by atoms with van der Waals surface area (Å²) >= 11 is 0. The van der Waals surface area contributed by atoms with E-state index >= 15 is 0 Å². The summed E-state index contributed by atoms with van der Waals surface area (Å²) in [6.45, 7) is 0. The Morgan fingerprint density at radius 1 is 0.368 bits per heavy atom. The fourth-order valence-electron chi connectivity index (χ4n) is 4.91. The fraction of sp³-hybridized carbons (Fsp3) is 0. The Labute approximate surface area is 224 Å². The molecule has 0 heterocycles. The van der Waals surface area contributed by atoms with Gasteiger partial charge in [0.2, 0.25) is 0 Å². The maximum atomic E-state index is 6.38. The van der Waals surface area contributed by atoms with Crippen LogP contribution in [0.5, 0.6) is 0 Å². The second kappa shape index (κ2) is 10.5. The first-order chi connectivity index (χ1) is 18.8. The van der Waals surface area contributed by atoms with Crippen LogP contribution in [-0.2, 0) is 0 Å². The Hall–Kier alpha value is -5.08. The molecule has 6 aromatic carbocycles. The van der Waals surface area contributed by atoms with Gasteiger partial charge in [0.25, 0.3) is 0 Å². The normalized spacial score (nSPS) is 10.7. The van der Waals surface area contributed by atoms with E-state index in [1.807, 2.05) is 36.4 Å². The average Bonchev–Trinajstić information content (AvgIpc) is 2.99. The number of hydrogen-bond donors (Lipinski definition) is 2. The van der Waals surface area contributed by atoms with Crippen LogP contribution in [0, 0.1) is 0 Å². The Morgan fingerprint density at radius 2 is 0.789 bits per heavy atom. The highest BCUT2D eigenvalue weighted by Gasteiger charge is 2.15. The molecule has 0 atom stereocenters. The molecule has 0 aliphatic heterocycles. The van der Waals surface area contributed by atoms with Gasteiger partial charge in [-0.2, -0.15) is 0 Å². The molecule has 0 amide bonds. The van der Waals surface area contributed by atoms with Gasteiger partial charge in [0.1, 0.15) is 0 Å². The summed E-state index contributed by atoms with van der Waals surface area (Å²) in [7, 11) is 0. The Balaban J connectivity index is 1.52. The van der Waals surface area contributed by atoms with Crippen LogP contribution in [0.4, 0.5) is 17.1 Å². The molecule has 0 radical (unpaired) electrons. The molecular formula is C36H28N2. The van der Waals surface area contributed by atoms with E-state index in [9.17, 15) is 0 Å². The van der Waals surface area contributed by atoms with Gasteiger partial charge in [0, 0.05) is 11.1 Å². The van der Waals surface area contributed by atoms with Gasteiger partial charge in [-0.1, -0.05) is 127 Å². The van der Waals surface area contributed by atoms with E-state index in [2.05, 4.69) is 121 Å². The van der Waals surface area contributed by atoms with Crippen LogP contribution in [0.15, 0.2) is 152 Å². The predicted molar refractivity (Wildman–Crippen MR) is 162 cm³/mol. The van der Waals surface area contributed by atoms with Crippen molar-refractivity contribution in [1.82, 2.24) is 0 Å². The zero-order chi connectivity index (χ0) is 25.7. The standard InChI is InChI=1S/C36H28N2/c37-34-22-7-8-23-35(34)38-36-32(30-18-9-16-28(24-30)26-12-3-1-4-13-26)20-11-21-33(36)31-19-10-17-29(25-31)27-14-5-2-6-15-27/h1-25,38H,37H2. The highest BCUT2D eigenvalue weighted by molar-refractivity contribution is 5.95. The highest BCUT2D eigenvalue weighted by atomic mass is 14.9. The lowest BCUT2D eigenvalue weighted by Crippen LogP contribution is -2.00. The van der Waals surface area contributed by atoms with Crippen molar-refractivity contribution in [2.24, 2.45) is 0 Å². The van der Waals surface area contributed by atoms with Crippen LogP contribution in [0.3, 0.4) is 0 Å². The van der Waals surface area contributed by atoms with Crippen LogP contribution in [-0.4, -0.2) is 0 Å². The quantitative estimate of drug-likeness (QED) is 0.229. The molecule has 0 aliphatic carbocycles. The van der Waals surface area contributed by atoms with E-state index in [-0.39, 0.29) is 0 Å². The third kappa shape index (κ3) is 4.80. The van der Waals surface area contributed by atoms with E-state index in [1.165, 1.54) is 22.3 Å². The lowest BCUT2D eigenvalue weighted by atomic mass is 9.92. The van der Waals surface area contributed by atoms with E-state index in [1.54, 1.807) is 0 Å². The molecule has 6 aromatic rings. The molecule has 2 heteroatoms. The van der Waals surface area contributed by atoms with Crippen LogP contribution < -0.4 is 11.1 Å². The molecule has 0 fully saturated rings. The Morgan fingerprint density at radius 3 is 1.32 bits per heavy atom. The van der Waals surface area contributed by atoms with E-state index in [4.69, 9.17) is 5.73 Å². The maximum absolute atomic E-state index is 6.38. The average molecular weight is 489 g/mol. The van der Waals surface area contributed by atoms with E-state index < -0.39 is 0 Å². The second-order valence-electron chi connectivity index (χ2n) is 9.33. The highest BCUT2D eigenvalue weighted by Crippen LogP contribution is 2.41. The minimum Gasteiger partial charge on any atom is -0.397 e. The van der Waals surface area contributed by atoms with Crippen LogP contribution in [0.25, 0.3) is 44.5 Å². The molecular weight excluding hydrogens is 460 g/mol. The minimum absolute atomic E-state index is 0.712. The summed E-state index contributed by atoms with van der Waals surface area (Å²) in [5.74, 6) is 0. The van der Waals surface area contributed by atoms with Crippen molar-refractivity contribution >= 4 is 17.1 Å². The molecule has 0 bridgehead atoms. The van der Waals surface area contributed by atoms with Gasteiger partial charge in [-0.15, -0.1) is 0 Å². The topological polar surface area (TPSA) is 38.0 Å². The van der Waals surface area contributed by atoms with Crippen molar-refractivity contribution in [3.8, 4) is 44.5 Å². The molecule has 0 aliphatic rings. The van der Waals surface area contributed by atoms with Crippen molar-refractivity contribution in [2.45, 2.75) is 0 Å². The number of hydrogen-bond acceptors (Lipinski definition) is 2. The number of rotatable bonds is 6. The number of para-hydroxylation sites is 3. The number of nitrogen functional groups attached to an aromatic ring is 1. The lowest BCUT2D eigenvalue weighted by Gasteiger charge is -2.19. The molecule has 0 saturated carbocycles. The summed E-state index contributed by atoms with van der Waals surface area (Å²) in [4.78, 5) is 0. The summed E-state index contributed by atoms with van der Waals surface area (Å²) in [6.07, 6.45) is 0. The largest absolute Gasteiger partial charge is 0.397 e. The van der Waals surface area contributed by atoms with Crippen molar-refractivity contribution < 1.29 is 0 Å². The number of nitrogens with two attached hydrogens (primary N) is 1. The van der Waals surface area contributed by atoms with Gasteiger partial charge in [-0.25, -0.2) is 0 Å². The molecule has 6 rings (SSSR count). The second-order valence-corrected chi connectivity index (χ2v) is 9.33. The molecule has 0 saturated heterocycles. The first-order valence-electron chi connectivity index (χ1n) is 12.8. The zero-order valence-electron chi connectivity index (χ0n) is 21.0. The molecule has 182 valence electrons. The maximum Gasteiger partial charge on any atom is 0.0618 e. The number of nitrogens with one attached hydrogen (secondary N) is 1. The number of benzene rings is 6. The van der Waals surface area contributed by atoms with Crippen molar-refractivity contribution in [2.75, 3.05) is 11.1 Å².